The van der Waals surface area contributed by atoms with Crippen LogP contribution in [0.4, 0.5) is 0 Å². The number of amides is 1. The molecule has 3 rings (SSSR count). The molecule has 1 spiro atoms. The van der Waals surface area contributed by atoms with E-state index in [0.717, 1.165) is 25.7 Å². The van der Waals surface area contributed by atoms with Crippen molar-refractivity contribution in [2.45, 2.75) is 75.4 Å². The highest BCUT2D eigenvalue weighted by molar-refractivity contribution is 5.87. The average molecular weight is 302 g/mol. The Hall–Kier alpha value is -1.41. The Morgan fingerprint density at radius 2 is 1.86 bits per heavy atom. The SMILES string of the molecule is C#CCCC1(CCNC(=O)C2(N)CC3(CCCCC3)C2)N=N1. The summed E-state index contributed by atoms with van der Waals surface area (Å²) in [6.45, 7) is 0.572. The van der Waals surface area contributed by atoms with Gasteiger partial charge in [0.2, 0.25) is 5.91 Å². The fourth-order valence-corrected chi connectivity index (χ4v) is 4.32. The molecule has 0 bridgehead atoms. The summed E-state index contributed by atoms with van der Waals surface area (Å²) in [6, 6.07) is 0. The Balaban J connectivity index is 1.40. The normalized spacial score (nSPS) is 26.0. The van der Waals surface area contributed by atoms with Crippen LogP contribution < -0.4 is 11.1 Å². The summed E-state index contributed by atoms with van der Waals surface area (Å²) < 4.78 is 0. The monoisotopic (exact) mass is 302 g/mol. The third-order valence-corrected chi connectivity index (χ3v) is 5.61. The lowest BCUT2D eigenvalue weighted by atomic mass is 9.52. The first-order valence-electron chi connectivity index (χ1n) is 8.46. The van der Waals surface area contributed by atoms with Gasteiger partial charge in [-0.1, -0.05) is 19.3 Å². The Morgan fingerprint density at radius 3 is 2.45 bits per heavy atom. The minimum atomic E-state index is -0.652. The van der Waals surface area contributed by atoms with Gasteiger partial charge in [0.1, 0.15) is 0 Å². The third-order valence-electron chi connectivity index (χ3n) is 5.61. The quantitative estimate of drug-likeness (QED) is 0.739. The molecule has 0 aromatic heterocycles. The fraction of sp³-hybridized carbons (Fsp3) is 0.824. The number of nitrogens with zero attached hydrogens (tertiary/aromatic N) is 2. The van der Waals surface area contributed by atoms with Gasteiger partial charge in [-0.05, 0) is 31.1 Å². The molecular formula is C17H26N4O. The van der Waals surface area contributed by atoms with Gasteiger partial charge in [0, 0.05) is 25.8 Å². The highest BCUT2D eigenvalue weighted by Gasteiger charge is 2.56. The molecular weight excluding hydrogens is 276 g/mol. The summed E-state index contributed by atoms with van der Waals surface area (Å²) in [4.78, 5) is 12.4. The molecule has 3 N–H and O–H groups in total. The minimum absolute atomic E-state index is 0.00329. The molecule has 0 aromatic rings. The molecule has 22 heavy (non-hydrogen) atoms. The van der Waals surface area contributed by atoms with E-state index in [1.165, 1.54) is 32.1 Å². The van der Waals surface area contributed by atoms with Gasteiger partial charge in [-0.3, -0.25) is 4.79 Å². The molecule has 1 amide bonds. The summed E-state index contributed by atoms with van der Waals surface area (Å²) >= 11 is 0. The van der Waals surface area contributed by atoms with Crippen molar-refractivity contribution in [3.05, 3.63) is 0 Å². The van der Waals surface area contributed by atoms with E-state index < -0.39 is 5.54 Å². The van der Waals surface area contributed by atoms with E-state index in [9.17, 15) is 4.79 Å². The standard InChI is InChI=1S/C17H26N4O/c1-2-3-9-17(20-21-17)10-11-19-14(22)16(18)12-15(13-16)7-5-4-6-8-15/h1H,3-13,18H2,(H,19,22). The second-order valence-electron chi connectivity index (χ2n) is 7.46. The van der Waals surface area contributed by atoms with E-state index in [2.05, 4.69) is 21.5 Å². The lowest BCUT2D eigenvalue weighted by molar-refractivity contribution is -0.137. The second-order valence-corrected chi connectivity index (χ2v) is 7.46. The highest BCUT2D eigenvalue weighted by Crippen LogP contribution is 2.55. The first-order chi connectivity index (χ1) is 10.5. The highest BCUT2D eigenvalue weighted by atomic mass is 16.2. The lowest BCUT2D eigenvalue weighted by Gasteiger charge is -2.55. The molecule has 0 saturated heterocycles. The zero-order valence-electron chi connectivity index (χ0n) is 13.2. The van der Waals surface area contributed by atoms with Crippen molar-refractivity contribution in [3.8, 4) is 12.3 Å². The number of rotatable bonds is 6. The Kier molecular flexibility index (Phi) is 3.98. The van der Waals surface area contributed by atoms with Gasteiger partial charge in [0.15, 0.2) is 5.66 Å². The van der Waals surface area contributed by atoms with E-state index in [0.29, 0.717) is 18.4 Å². The van der Waals surface area contributed by atoms with Gasteiger partial charge in [-0.25, -0.2) is 0 Å². The van der Waals surface area contributed by atoms with Crippen LogP contribution in [0.25, 0.3) is 0 Å². The number of hydrogen-bond acceptors (Lipinski definition) is 4. The van der Waals surface area contributed by atoms with E-state index in [1.54, 1.807) is 0 Å². The number of hydrogen-bond donors (Lipinski definition) is 2. The summed E-state index contributed by atoms with van der Waals surface area (Å²) in [5.41, 5.74) is 5.69. The maximum atomic E-state index is 12.4. The van der Waals surface area contributed by atoms with Gasteiger partial charge in [0.05, 0.1) is 5.54 Å². The van der Waals surface area contributed by atoms with Crippen molar-refractivity contribution < 1.29 is 4.79 Å². The van der Waals surface area contributed by atoms with Gasteiger partial charge >= 0.3 is 0 Å². The summed E-state index contributed by atoms with van der Waals surface area (Å²) in [5, 5.41) is 11.1. The Labute approximate surface area is 132 Å². The van der Waals surface area contributed by atoms with Crippen molar-refractivity contribution in [1.82, 2.24) is 5.32 Å². The molecule has 120 valence electrons. The van der Waals surface area contributed by atoms with Crippen LogP contribution in [-0.4, -0.2) is 23.7 Å². The van der Waals surface area contributed by atoms with E-state index in [1.807, 2.05) is 0 Å². The van der Waals surface area contributed by atoms with Crippen LogP contribution in [0.3, 0.4) is 0 Å². The predicted octanol–water partition coefficient (Wildman–Crippen LogP) is 2.51. The minimum Gasteiger partial charge on any atom is -0.354 e. The summed E-state index contributed by atoms with van der Waals surface area (Å²) in [6.07, 6.45) is 15.5. The number of nitrogens with two attached hydrogens (primary N) is 1. The van der Waals surface area contributed by atoms with Crippen LogP contribution in [0.15, 0.2) is 10.2 Å². The van der Waals surface area contributed by atoms with Crippen LogP contribution >= 0.6 is 0 Å². The maximum Gasteiger partial charge on any atom is 0.240 e. The van der Waals surface area contributed by atoms with Crippen molar-refractivity contribution in [2.75, 3.05) is 6.54 Å². The molecule has 0 aromatic carbocycles. The Morgan fingerprint density at radius 1 is 1.18 bits per heavy atom. The van der Waals surface area contributed by atoms with Crippen LogP contribution in [-0.2, 0) is 4.79 Å². The summed E-state index contributed by atoms with van der Waals surface area (Å²) in [7, 11) is 0. The first kappa shape index (κ1) is 15.5. The van der Waals surface area contributed by atoms with E-state index in [-0.39, 0.29) is 11.6 Å². The summed E-state index contributed by atoms with van der Waals surface area (Å²) in [5.74, 6) is 2.61. The molecule has 5 nitrogen and oxygen atoms in total. The smallest absolute Gasteiger partial charge is 0.240 e. The van der Waals surface area contributed by atoms with Crippen LogP contribution in [0, 0.1) is 17.8 Å². The molecule has 1 aliphatic heterocycles. The van der Waals surface area contributed by atoms with Crippen molar-refractivity contribution >= 4 is 5.91 Å². The Bertz CT molecular complexity index is 499. The molecule has 2 aliphatic carbocycles. The van der Waals surface area contributed by atoms with Crippen molar-refractivity contribution in [2.24, 2.45) is 21.4 Å². The third kappa shape index (κ3) is 3.03. The van der Waals surface area contributed by atoms with Crippen molar-refractivity contribution in [3.63, 3.8) is 0 Å². The molecule has 0 unspecified atom stereocenters. The first-order valence-corrected chi connectivity index (χ1v) is 8.46. The van der Waals surface area contributed by atoms with Gasteiger partial charge in [-0.15, -0.1) is 12.3 Å². The van der Waals surface area contributed by atoms with E-state index in [4.69, 9.17) is 12.2 Å². The van der Waals surface area contributed by atoms with Gasteiger partial charge < -0.3 is 11.1 Å². The van der Waals surface area contributed by atoms with Crippen LogP contribution in [0.2, 0.25) is 0 Å². The molecule has 5 heteroatoms. The number of carbonyl (C=O) groups is 1. The molecule has 1 heterocycles. The molecule has 2 saturated carbocycles. The predicted molar refractivity (Wildman–Crippen MR) is 85.0 cm³/mol. The zero-order valence-corrected chi connectivity index (χ0v) is 13.2. The maximum absolute atomic E-state index is 12.4. The van der Waals surface area contributed by atoms with Crippen LogP contribution in [0.1, 0.15) is 64.2 Å². The van der Waals surface area contributed by atoms with E-state index >= 15 is 0 Å². The van der Waals surface area contributed by atoms with Crippen LogP contribution in [0.5, 0.6) is 0 Å². The molecule has 2 fully saturated rings. The van der Waals surface area contributed by atoms with Gasteiger partial charge in [-0.2, -0.15) is 10.2 Å². The van der Waals surface area contributed by atoms with Crippen molar-refractivity contribution in [1.29, 1.82) is 0 Å². The second kappa shape index (κ2) is 5.66. The average Bonchev–Trinajstić information content (AvgIpc) is 3.25. The van der Waals surface area contributed by atoms with Gasteiger partial charge in [0.25, 0.3) is 0 Å². The zero-order chi connectivity index (χ0) is 15.7. The lowest BCUT2D eigenvalue weighted by Crippen LogP contribution is -2.66. The fourth-order valence-electron chi connectivity index (χ4n) is 4.32. The molecule has 3 aliphatic rings. The molecule has 0 radical (unpaired) electrons. The number of nitrogens with one attached hydrogen (secondary N) is 1. The topological polar surface area (TPSA) is 79.8 Å². The number of carbonyl (C=O) groups excluding carboxylic acids is 1. The largest absolute Gasteiger partial charge is 0.354 e. The number of terminal acetylenes is 1. The molecule has 0 atom stereocenters.